The average Bonchev–Trinajstić information content (AvgIpc) is 3.07. The molecule has 3 aromatic carbocycles. The number of methoxy groups -OCH3 is 1. The van der Waals surface area contributed by atoms with Gasteiger partial charge < -0.3 is 43.3 Å². The van der Waals surface area contributed by atoms with Crippen LogP contribution in [0.5, 0.6) is 23.0 Å². The van der Waals surface area contributed by atoms with E-state index in [0.717, 1.165) is 28.4 Å². The van der Waals surface area contributed by atoms with Crippen molar-refractivity contribution in [1.82, 2.24) is 4.90 Å². The lowest BCUT2D eigenvalue weighted by Gasteiger charge is -2.37. The number of likely N-dealkylation sites (tertiary alicyclic amines) is 1. The third-order valence-electron chi connectivity index (χ3n) is 8.04. The Balaban J connectivity index is 1.19. The molecule has 46 heavy (non-hydrogen) atoms. The summed E-state index contributed by atoms with van der Waals surface area (Å²) in [5, 5.41) is 9.70. The van der Waals surface area contributed by atoms with Crippen LogP contribution in [0, 0.1) is 0 Å². The molecule has 2 aliphatic heterocycles. The number of rotatable bonds is 15. The fourth-order valence-corrected chi connectivity index (χ4v) is 5.74. The van der Waals surface area contributed by atoms with Crippen molar-refractivity contribution >= 4 is 17.7 Å². The summed E-state index contributed by atoms with van der Waals surface area (Å²) in [6.45, 7) is 5.33. The van der Waals surface area contributed by atoms with Crippen molar-refractivity contribution in [2.24, 2.45) is 0 Å². The van der Waals surface area contributed by atoms with E-state index >= 15 is 0 Å². The number of nitrogens with zero attached hydrogens (tertiary/aromatic N) is 2. The molecular weight excluding hydrogens is 592 g/mol. The van der Waals surface area contributed by atoms with Gasteiger partial charge in [0, 0.05) is 38.8 Å². The Morgan fingerprint density at radius 3 is 2.46 bits per heavy atom. The maximum absolute atomic E-state index is 12.6. The number of hydrogen-bond acceptors (Lipinski definition) is 8. The van der Waals surface area contributed by atoms with Crippen molar-refractivity contribution in [3.8, 4) is 23.0 Å². The summed E-state index contributed by atoms with van der Waals surface area (Å²) in [4.78, 5) is 27.6. The standard InChI is InChI=1S/C35H42N2O9/c1-3-42-28-6-4-7-29(21-28)44-19-18-43-27-11-9-26(10-12-27)30-14-16-36(35(39)40)22-33(30)45-23-25-8-13-32-31(20-25)37(15-5-17-41-2)34(38)24-46-32/h4,6-13,20-21,30,33H,3,5,14-19,22-24H2,1-2H3,(H,39,40). The molecule has 5 rings (SSSR count). The van der Waals surface area contributed by atoms with Gasteiger partial charge in [-0.05, 0) is 67.3 Å². The van der Waals surface area contributed by atoms with Gasteiger partial charge in [0.1, 0.15) is 36.2 Å². The molecule has 11 nitrogen and oxygen atoms in total. The van der Waals surface area contributed by atoms with Crippen molar-refractivity contribution in [2.75, 3.05) is 64.7 Å². The second-order valence-electron chi connectivity index (χ2n) is 11.1. The molecule has 2 aliphatic rings. The normalized spacial score (nSPS) is 17.7. The van der Waals surface area contributed by atoms with E-state index in [4.69, 9.17) is 28.4 Å². The van der Waals surface area contributed by atoms with Crippen LogP contribution in [0.2, 0.25) is 0 Å². The lowest BCUT2D eigenvalue weighted by molar-refractivity contribution is -0.121. The van der Waals surface area contributed by atoms with Crippen molar-refractivity contribution in [3.63, 3.8) is 0 Å². The summed E-state index contributed by atoms with van der Waals surface area (Å²) < 4.78 is 34.4. The summed E-state index contributed by atoms with van der Waals surface area (Å²) in [5.74, 6) is 2.76. The van der Waals surface area contributed by atoms with Gasteiger partial charge in [-0.3, -0.25) is 4.79 Å². The van der Waals surface area contributed by atoms with E-state index in [1.54, 1.807) is 12.0 Å². The lowest BCUT2D eigenvalue weighted by atomic mass is 9.87. The van der Waals surface area contributed by atoms with Crippen LogP contribution in [0.1, 0.15) is 36.8 Å². The summed E-state index contributed by atoms with van der Waals surface area (Å²) in [5.41, 5.74) is 2.64. The number of ether oxygens (including phenoxy) is 6. The fraction of sp³-hybridized carbons (Fsp3) is 0.429. The van der Waals surface area contributed by atoms with E-state index in [1.807, 2.05) is 73.7 Å². The maximum atomic E-state index is 12.6. The smallest absolute Gasteiger partial charge is 0.407 e. The molecular formula is C35H42N2O9. The molecule has 0 aliphatic carbocycles. The second-order valence-corrected chi connectivity index (χ2v) is 11.1. The number of piperidine rings is 1. The third kappa shape index (κ3) is 8.61. The van der Waals surface area contributed by atoms with Crippen LogP contribution in [-0.4, -0.2) is 87.9 Å². The summed E-state index contributed by atoms with van der Waals surface area (Å²) >= 11 is 0. The summed E-state index contributed by atoms with van der Waals surface area (Å²) in [7, 11) is 1.64. The molecule has 2 atom stereocenters. The highest BCUT2D eigenvalue weighted by Gasteiger charge is 2.33. The van der Waals surface area contributed by atoms with Crippen LogP contribution in [0.15, 0.2) is 66.7 Å². The highest BCUT2D eigenvalue weighted by atomic mass is 16.5. The van der Waals surface area contributed by atoms with Gasteiger partial charge in [0.05, 0.1) is 31.5 Å². The molecule has 1 saturated heterocycles. The van der Waals surface area contributed by atoms with Crippen LogP contribution in [0.4, 0.5) is 10.5 Å². The third-order valence-corrected chi connectivity index (χ3v) is 8.04. The zero-order valence-electron chi connectivity index (χ0n) is 26.4. The summed E-state index contributed by atoms with van der Waals surface area (Å²) in [6, 6.07) is 21.1. The van der Waals surface area contributed by atoms with Crippen molar-refractivity contribution < 1.29 is 43.1 Å². The number of carboxylic acid groups (broad SMARTS) is 1. The lowest BCUT2D eigenvalue weighted by Crippen LogP contribution is -2.46. The van der Waals surface area contributed by atoms with Gasteiger partial charge in [0.15, 0.2) is 6.61 Å². The van der Waals surface area contributed by atoms with Crippen LogP contribution < -0.4 is 23.8 Å². The molecule has 246 valence electrons. The average molecular weight is 635 g/mol. The topological polar surface area (TPSA) is 116 Å². The van der Waals surface area contributed by atoms with Gasteiger partial charge in [-0.1, -0.05) is 24.3 Å². The van der Waals surface area contributed by atoms with Gasteiger partial charge >= 0.3 is 6.09 Å². The number of amides is 2. The second kappa shape index (κ2) is 16.2. The fourth-order valence-electron chi connectivity index (χ4n) is 5.74. The molecule has 2 amide bonds. The molecule has 0 bridgehead atoms. The SMILES string of the molecule is CCOc1cccc(OCCOc2ccc(C3CCN(C(=O)O)CC3OCc3ccc4c(c3)N(CCCOC)C(=O)CO4)cc2)c1. The van der Waals surface area contributed by atoms with Crippen LogP contribution in [-0.2, 0) is 20.9 Å². The Bertz CT molecular complexity index is 1450. The van der Waals surface area contributed by atoms with E-state index in [-0.39, 0.29) is 37.7 Å². The Labute approximate surface area is 269 Å². The minimum atomic E-state index is -0.959. The first-order valence-corrected chi connectivity index (χ1v) is 15.7. The molecule has 0 spiro atoms. The number of carbonyl (C=O) groups excluding carboxylic acids is 1. The van der Waals surface area contributed by atoms with Crippen LogP contribution >= 0.6 is 0 Å². The van der Waals surface area contributed by atoms with Gasteiger partial charge in [-0.25, -0.2) is 4.79 Å². The number of hydrogen-bond donors (Lipinski definition) is 1. The number of fused-ring (bicyclic) bond motifs is 1. The highest BCUT2D eigenvalue weighted by Crippen LogP contribution is 2.35. The highest BCUT2D eigenvalue weighted by molar-refractivity contribution is 5.97. The number of anilines is 1. The van der Waals surface area contributed by atoms with Crippen molar-refractivity contribution in [1.29, 1.82) is 0 Å². The Morgan fingerprint density at radius 1 is 0.957 bits per heavy atom. The minimum absolute atomic E-state index is 0.00122. The predicted molar refractivity (Wildman–Crippen MR) is 171 cm³/mol. The molecule has 0 aromatic heterocycles. The van der Waals surface area contributed by atoms with Crippen molar-refractivity contribution in [3.05, 3.63) is 77.9 Å². The van der Waals surface area contributed by atoms with E-state index in [2.05, 4.69) is 0 Å². The Kier molecular flexibility index (Phi) is 11.6. The summed E-state index contributed by atoms with van der Waals surface area (Å²) in [6.07, 6.45) is 0.0204. The van der Waals surface area contributed by atoms with Gasteiger partial charge in [0.2, 0.25) is 0 Å². The molecule has 3 aromatic rings. The number of benzene rings is 3. The minimum Gasteiger partial charge on any atom is -0.494 e. The van der Waals surface area contributed by atoms with Crippen LogP contribution in [0.3, 0.4) is 0 Å². The van der Waals surface area contributed by atoms with E-state index < -0.39 is 6.09 Å². The molecule has 1 fully saturated rings. The Hall–Kier alpha value is -4.48. The molecule has 0 saturated carbocycles. The Morgan fingerprint density at radius 2 is 1.72 bits per heavy atom. The van der Waals surface area contributed by atoms with E-state index in [1.165, 1.54) is 4.90 Å². The molecule has 1 N–H and O–H groups in total. The first-order valence-electron chi connectivity index (χ1n) is 15.7. The molecule has 2 unspecified atom stereocenters. The first kappa shape index (κ1) is 32.9. The molecule has 11 heteroatoms. The zero-order chi connectivity index (χ0) is 32.3. The van der Waals surface area contributed by atoms with Crippen molar-refractivity contribution in [2.45, 2.75) is 38.4 Å². The zero-order valence-corrected chi connectivity index (χ0v) is 26.4. The van der Waals surface area contributed by atoms with E-state index in [0.29, 0.717) is 63.8 Å². The monoisotopic (exact) mass is 634 g/mol. The largest absolute Gasteiger partial charge is 0.494 e. The molecule has 2 heterocycles. The first-order chi connectivity index (χ1) is 22.4. The number of carbonyl (C=O) groups is 2. The quantitative estimate of drug-likeness (QED) is 0.221. The van der Waals surface area contributed by atoms with Gasteiger partial charge in [0.25, 0.3) is 5.91 Å². The maximum Gasteiger partial charge on any atom is 0.407 e. The van der Waals surface area contributed by atoms with Gasteiger partial charge in [-0.2, -0.15) is 0 Å². The predicted octanol–water partition coefficient (Wildman–Crippen LogP) is 5.36. The molecule has 0 radical (unpaired) electrons. The van der Waals surface area contributed by atoms with E-state index in [9.17, 15) is 14.7 Å². The van der Waals surface area contributed by atoms with Gasteiger partial charge in [-0.15, -0.1) is 0 Å². The van der Waals surface area contributed by atoms with Crippen LogP contribution in [0.25, 0.3) is 0 Å².